The van der Waals surface area contributed by atoms with Gasteiger partial charge in [-0.15, -0.1) is 0 Å². The van der Waals surface area contributed by atoms with Gasteiger partial charge in [0, 0.05) is 23.8 Å². The molecule has 1 unspecified atom stereocenters. The van der Waals surface area contributed by atoms with Gasteiger partial charge < -0.3 is 10.1 Å². The highest BCUT2D eigenvalue weighted by atomic mass is 35.5. The van der Waals surface area contributed by atoms with Gasteiger partial charge in [0.25, 0.3) is 0 Å². The molecule has 0 aromatic heterocycles. The summed E-state index contributed by atoms with van der Waals surface area (Å²) >= 11 is 5.95. The molecule has 0 aliphatic carbocycles. The second-order valence-electron chi connectivity index (χ2n) is 6.99. The van der Waals surface area contributed by atoms with Crippen LogP contribution in [0.3, 0.4) is 0 Å². The SMILES string of the molecule is CCOC(=O)c1ccc(NC(=O)C2CCCN(Cc3ccc(Cl)cc3)C2)cc1. The molecule has 1 aliphatic heterocycles. The fraction of sp³-hybridized carbons (Fsp3) is 0.364. The fourth-order valence-corrected chi connectivity index (χ4v) is 3.54. The number of hydrogen-bond acceptors (Lipinski definition) is 4. The van der Waals surface area contributed by atoms with Gasteiger partial charge >= 0.3 is 5.97 Å². The van der Waals surface area contributed by atoms with E-state index in [4.69, 9.17) is 16.3 Å². The Morgan fingerprint density at radius 2 is 1.86 bits per heavy atom. The molecule has 2 aromatic carbocycles. The van der Waals surface area contributed by atoms with Crippen LogP contribution in [-0.2, 0) is 16.1 Å². The first-order chi connectivity index (χ1) is 13.5. The molecule has 3 rings (SSSR count). The van der Waals surface area contributed by atoms with E-state index >= 15 is 0 Å². The summed E-state index contributed by atoms with van der Waals surface area (Å²) in [7, 11) is 0. The second-order valence-corrected chi connectivity index (χ2v) is 7.42. The number of ether oxygens (including phenoxy) is 1. The third-order valence-electron chi connectivity index (χ3n) is 4.86. The van der Waals surface area contributed by atoms with Crippen molar-refractivity contribution in [1.29, 1.82) is 0 Å². The van der Waals surface area contributed by atoms with Crippen LogP contribution in [0.1, 0.15) is 35.7 Å². The molecule has 1 aliphatic rings. The Kier molecular flexibility index (Phi) is 7.06. The molecule has 1 N–H and O–H groups in total. The van der Waals surface area contributed by atoms with Crippen LogP contribution in [0, 0.1) is 5.92 Å². The van der Waals surface area contributed by atoms with Crippen LogP contribution in [0.25, 0.3) is 0 Å². The van der Waals surface area contributed by atoms with Gasteiger partial charge in [-0.1, -0.05) is 23.7 Å². The predicted octanol–water partition coefficient (Wildman–Crippen LogP) is 4.37. The summed E-state index contributed by atoms with van der Waals surface area (Å²) in [5.74, 6) is -0.388. The number of anilines is 1. The van der Waals surface area contributed by atoms with Crippen LogP contribution < -0.4 is 5.32 Å². The molecular formula is C22H25ClN2O3. The van der Waals surface area contributed by atoms with Crippen molar-refractivity contribution >= 4 is 29.2 Å². The Morgan fingerprint density at radius 1 is 1.14 bits per heavy atom. The van der Waals surface area contributed by atoms with E-state index in [0.29, 0.717) is 17.9 Å². The van der Waals surface area contributed by atoms with E-state index < -0.39 is 0 Å². The first-order valence-corrected chi connectivity index (χ1v) is 9.98. The number of halogens is 1. The molecule has 0 spiro atoms. The van der Waals surface area contributed by atoms with Gasteiger partial charge in [-0.3, -0.25) is 9.69 Å². The minimum atomic E-state index is -0.356. The maximum absolute atomic E-state index is 12.7. The Bertz CT molecular complexity index is 806. The van der Waals surface area contributed by atoms with E-state index in [1.54, 1.807) is 31.2 Å². The standard InChI is InChI=1S/C22H25ClN2O3/c1-2-28-22(27)17-7-11-20(12-8-17)24-21(26)18-4-3-13-25(15-18)14-16-5-9-19(23)10-6-16/h5-12,18H,2-4,13-15H2,1H3,(H,24,26). The van der Waals surface area contributed by atoms with E-state index in [0.717, 1.165) is 37.5 Å². The van der Waals surface area contributed by atoms with Gasteiger partial charge in [0.1, 0.15) is 0 Å². The molecule has 1 amide bonds. The fourth-order valence-electron chi connectivity index (χ4n) is 3.41. The maximum Gasteiger partial charge on any atom is 0.338 e. The van der Waals surface area contributed by atoms with Crippen molar-refractivity contribution in [3.8, 4) is 0 Å². The molecule has 28 heavy (non-hydrogen) atoms. The monoisotopic (exact) mass is 400 g/mol. The predicted molar refractivity (Wildman–Crippen MR) is 110 cm³/mol. The minimum Gasteiger partial charge on any atom is -0.462 e. The average molecular weight is 401 g/mol. The lowest BCUT2D eigenvalue weighted by molar-refractivity contribution is -0.121. The zero-order valence-corrected chi connectivity index (χ0v) is 16.7. The number of carbonyl (C=O) groups is 2. The molecule has 5 nitrogen and oxygen atoms in total. The number of carbonyl (C=O) groups excluding carboxylic acids is 2. The zero-order chi connectivity index (χ0) is 19.9. The third kappa shape index (κ3) is 5.57. The first-order valence-electron chi connectivity index (χ1n) is 9.60. The maximum atomic E-state index is 12.7. The Hall–Kier alpha value is -2.37. The van der Waals surface area contributed by atoms with Gasteiger partial charge in [-0.05, 0) is 68.3 Å². The molecule has 2 aromatic rings. The molecule has 1 atom stereocenters. The number of benzene rings is 2. The number of nitrogens with one attached hydrogen (secondary N) is 1. The van der Waals surface area contributed by atoms with Gasteiger partial charge in [0.2, 0.25) is 5.91 Å². The van der Waals surface area contributed by atoms with Gasteiger partial charge in [0.05, 0.1) is 18.1 Å². The summed E-state index contributed by atoms with van der Waals surface area (Å²) < 4.78 is 4.97. The van der Waals surface area contributed by atoms with Crippen LogP contribution in [0.5, 0.6) is 0 Å². The topological polar surface area (TPSA) is 58.6 Å². The molecule has 148 valence electrons. The number of likely N-dealkylation sites (tertiary alicyclic amines) is 1. The lowest BCUT2D eigenvalue weighted by atomic mass is 9.96. The van der Waals surface area contributed by atoms with Crippen LogP contribution in [0.2, 0.25) is 5.02 Å². The lowest BCUT2D eigenvalue weighted by Crippen LogP contribution is -2.40. The number of amides is 1. The summed E-state index contributed by atoms with van der Waals surface area (Å²) in [5, 5.41) is 3.70. The van der Waals surface area contributed by atoms with E-state index in [-0.39, 0.29) is 17.8 Å². The van der Waals surface area contributed by atoms with Crippen molar-refractivity contribution in [2.24, 2.45) is 5.92 Å². The van der Waals surface area contributed by atoms with Crippen LogP contribution >= 0.6 is 11.6 Å². The summed E-state index contributed by atoms with van der Waals surface area (Å²) in [6.07, 6.45) is 1.87. The minimum absolute atomic E-state index is 0.0182. The number of rotatable bonds is 6. The Morgan fingerprint density at radius 3 is 2.54 bits per heavy atom. The van der Waals surface area contributed by atoms with Gasteiger partial charge in [-0.2, -0.15) is 0 Å². The average Bonchev–Trinajstić information content (AvgIpc) is 2.71. The number of hydrogen-bond donors (Lipinski definition) is 1. The van der Waals surface area contributed by atoms with E-state index in [9.17, 15) is 9.59 Å². The van der Waals surface area contributed by atoms with Crippen LogP contribution in [0.4, 0.5) is 5.69 Å². The van der Waals surface area contributed by atoms with E-state index in [1.807, 2.05) is 24.3 Å². The smallest absolute Gasteiger partial charge is 0.338 e. The molecule has 1 heterocycles. The van der Waals surface area contributed by atoms with Crippen molar-refractivity contribution in [1.82, 2.24) is 4.90 Å². The van der Waals surface area contributed by atoms with Crippen molar-refractivity contribution in [3.63, 3.8) is 0 Å². The normalized spacial score (nSPS) is 17.1. The highest BCUT2D eigenvalue weighted by molar-refractivity contribution is 6.30. The largest absolute Gasteiger partial charge is 0.462 e. The molecule has 1 saturated heterocycles. The van der Waals surface area contributed by atoms with Gasteiger partial charge in [-0.25, -0.2) is 4.79 Å². The first kappa shape index (κ1) is 20.4. The summed E-state index contributed by atoms with van der Waals surface area (Å²) in [6.45, 7) is 4.64. The Labute approximate surface area is 170 Å². The van der Waals surface area contributed by atoms with E-state index in [2.05, 4.69) is 10.2 Å². The lowest BCUT2D eigenvalue weighted by Gasteiger charge is -2.32. The molecule has 0 saturated carbocycles. The number of nitrogens with zero attached hydrogens (tertiary/aromatic N) is 1. The summed E-state index contributed by atoms with van der Waals surface area (Å²) in [6, 6.07) is 14.6. The highest BCUT2D eigenvalue weighted by Gasteiger charge is 2.26. The molecule has 0 radical (unpaired) electrons. The number of esters is 1. The highest BCUT2D eigenvalue weighted by Crippen LogP contribution is 2.21. The molecular weight excluding hydrogens is 376 g/mol. The molecule has 0 bridgehead atoms. The van der Waals surface area contributed by atoms with Crippen molar-refractivity contribution in [2.75, 3.05) is 25.0 Å². The zero-order valence-electron chi connectivity index (χ0n) is 16.0. The van der Waals surface area contributed by atoms with Crippen molar-refractivity contribution in [3.05, 3.63) is 64.7 Å². The second kappa shape index (κ2) is 9.71. The van der Waals surface area contributed by atoms with Gasteiger partial charge in [0.15, 0.2) is 0 Å². The molecule has 6 heteroatoms. The molecule has 1 fully saturated rings. The van der Waals surface area contributed by atoms with Crippen molar-refractivity contribution in [2.45, 2.75) is 26.3 Å². The summed E-state index contributed by atoms with van der Waals surface area (Å²) in [4.78, 5) is 26.7. The van der Waals surface area contributed by atoms with Crippen LogP contribution in [-0.4, -0.2) is 36.5 Å². The Balaban J connectivity index is 1.55. The number of piperidine rings is 1. The van der Waals surface area contributed by atoms with E-state index in [1.165, 1.54) is 5.56 Å². The third-order valence-corrected chi connectivity index (χ3v) is 5.11. The van der Waals surface area contributed by atoms with Crippen molar-refractivity contribution < 1.29 is 14.3 Å². The summed E-state index contributed by atoms with van der Waals surface area (Å²) in [5.41, 5.74) is 2.36. The van der Waals surface area contributed by atoms with Crippen LogP contribution in [0.15, 0.2) is 48.5 Å². The quantitative estimate of drug-likeness (QED) is 0.731.